The van der Waals surface area contributed by atoms with Gasteiger partial charge in [0.05, 0.1) is 19.6 Å². The van der Waals surface area contributed by atoms with Gasteiger partial charge in [-0.15, -0.1) is 0 Å². The van der Waals surface area contributed by atoms with Crippen molar-refractivity contribution in [2.24, 2.45) is 0 Å². The topological polar surface area (TPSA) is 74.4 Å². The second-order valence-electron chi connectivity index (χ2n) is 3.33. The summed E-state index contributed by atoms with van der Waals surface area (Å²) in [7, 11) is 1.51. The number of methoxy groups -OCH3 is 1. The van der Waals surface area contributed by atoms with Crippen LogP contribution in [0.3, 0.4) is 0 Å². The number of hydrogen-bond acceptors (Lipinski definition) is 5. The zero-order valence-electron chi connectivity index (χ0n) is 9.69. The molecule has 5 nitrogen and oxygen atoms in total. The summed E-state index contributed by atoms with van der Waals surface area (Å²) < 4.78 is 9.96. The van der Waals surface area contributed by atoms with Crippen LogP contribution in [0.5, 0.6) is 5.75 Å². The first-order valence-corrected chi connectivity index (χ1v) is 5.06. The molecule has 0 aliphatic rings. The summed E-state index contributed by atoms with van der Waals surface area (Å²) in [5, 5.41) is 0. The maximum atomic E-state index is 11.5. The van der Waals surface area contributed by atoms with Gasteiger partial charge in [-0.25, -0.2) is 4.98 Å². The van der Waals surface area contributed by atoms with E-state index in [9.17, 15) is 4.79 Å². The second-order valence-corrected chi connectivity index (χ2v) is 3.33. The lowest BCUT2D eigenvalue weighted by Crippen LogP contribution is -2.13. The molecule has 1 aromatic rings. The van der Waals surface area contributed by atoms with Gasteiger partial charge in [0.15, 0.2) is 11.6 Å². The Morgan fingerprint density at radius 3 is 2.88 bits per heavy atom. The van der Waals surface area contributed by atoms with E-state index in [2.05, 4.69) is 4.98 Å². The Labute approximate surface area is 94.6 Å². The van der Waals surface area contributed by atoms with Gasteiger partial charge < -0.3 is 15.2 Å². The predicted octanol–water partition coefficient (Wildman–Crippen LogP) is 1.34. The van der Waals surface area contributed by atoms with Crippen molar-refractivity contribution in [3.63, 3.8) is 0 Å². The van der Waals surface area contributed by atoms with E-state index >= 15 is 0 Å². The number of anilines is 1. The molecule has 16 heavy (non-hydrogen) atoms. The van der Waals surface area contributed by atoms with Crippen molar-refractivity contribution in [1.82, 2.24) is 4.98 Å². The molecule has 88 valence electrons. The third-order valence-corrected chi connectivity index (χ3v) is 2.26. The van der Waals surface area contributed by atoms with Gasteiger partial charge in [-0.2, -0.15) is 0 Å². The van der Waals surface area contributed by atoms with Crippen LogP contribution >= 0.6 is 0 Å². The maximum Gasteiger partial charge on any atom is 0.313 e. The molecule has 0 saturated carbocycles. The average Bonchev–Trinajstić information content (AvgIpc) is 2.29. The molecule has 0 radical (unpaired) electrons. The highest BCUT2D eigenvalue weighted by atomic mass is 16.5. The van der Waals surface area contributed by atoms with Crippen LogP contribution in [-0.2, 0) is 9.53 Å². The SMILES string of the molecule is CCOC(=O)[C@@H](C)c1cnc(N)c(OC)c1. The number of nitrogen functional groups attached to an aromatic ring is 1. The molecule has 0 spiro atoms. The number of aromatic nitrogens is 1. The highest BCUT2D eigenvalue weighted by molar-refractivity contribution is 5.77. The first-order valence-electron chi connectivity index (χ1n) is 5.06. The summed E-state index contributed by atoms with van der Waals surface area (Å²) in [4.78, 5) is 15.5. The quantitative estimate of drug-likeness (QED) is 0.781. The Bertz CT molecular complexity index is 379. The van der Waals surface area contributed by atoms with Crippen molar-refractivity contribution >= 4 is 11.8 Å². The van der Waals surface area contributed by atoms with Crippen molar-refractivity contribution in [1.29, 1.82) is 0 Å². The summed E-state index contributed by atoms with van der Waals surface area (Å²) >= 11 is 0. The van der Waals surface area contributed by atoms with Crippen molar-refractivity contribution in [2.45, 2.75) is 19.8 Å². The number of carbonyl (C=O) groups is 1. The monoisotopic (exact) mass is 224 g/mol. The van der Waals surface area contributed by atoms with E-state index in [1.54, 1.807) is 26.1 Å². The van der Waals surface area contributed by atoms with Crippen LogP contribution in [0.2, 0.25) is 0 Å². The van der Waals surface area contributed by atoms with Gasteiger partial charge in [0, 0.05) is 6.20 Å². The van der Waals surface area contributed by atoms with Crippen molar-refractivity contribution in [3.05, 3.63) is 17.8 Å². The third kappa shape index (κ3) is 2.62. The number of nitrogens with zero attached hydrogens (tertiary/aromatic N) is 1. The van der Waals surface area contributed by atoms with Crippen LogP contribution in [0, 0.1) is 0 Å². The van der Waals surface area contributed by atoms with E-state index in [4.69, 9.17) is 15.2 Å². The zero-order chi connectivity index (χ0) is 12.1. The molecule has 0 aliphatic heterocycles. The molecule has 0 aromatic carbocycles. The molecule has 0 unspecified atom stereocenters. The number of esters is 1. The molecule has 1 heterocycles. The van der Waals surface area contributed by atoms with E-state index in [0.717, 1.165) is 5.56 Å². The first-order chi connectivity index (χ1) is 7.60. The lowest BCUT2D eigenvalue weighted by atomic mass is 10.0. The standard InChI is InChI=1S/C11H16N2O3/c1-4-16-11(14)7(2)8-5-9(15-3)10(12)13-6-8/h5-7H,4H2,1-3H3,(H2,12,13)/t7-/m0/s1. The van der Waals surface area contributed by atoms with Crippen LogP contribution in [0.15, 0.2) is 12.3 Å². The number of ether oxygens (including phenoxy) is 2. The predicted molar refractivity (Wildman–Crippen MR) is 60.2 cm³/mol. The van der Waals surface area contributed by atoms with Gasteiger partial charge in [0.25, 0.3) is 0 Å². The van der Waals surface area contributed by atoms with E-state index in [-0.39, 0.29) is 11.9 Å². The number of carbonyl (C=O) groups excluding carboxylic acids is 1. The Morgan fingerprint density at radius 2 is 2.31 bits per heavy atom. The van der Waals surface area contributed by atoms with Gasteiger partial charge in [0.1, 0.15) is 0 Å². The molecule has 5 heteroatoms. The van der Waals surface area contributed by atoms with Gasteiger partial charge in [-0.3, -0.25) is 4.79 Å². The van der Waals surface area contributed by atoms with E-state index in [1.165, 1.54) is 7.11 Å². The Kier molecular flexibility index (Phi) is 4.10. The fourth-order valence-electron chi connectivity index (χ4n) is 1.27. The van der Waals surface area contributed by atoms with Crippen LogP contribution < -0.4 is 10.5 Å². The third-order valence-electron chi connectivity index (χ3n) is 2.26. The highest BCUT2D eigenvalue weighted by Gasteiger charge is 2.18. The van der Waals surface area contributed by atoms with Crippen LogP contribution in [-0.4, -0.2) is 24.7 Å². The van der Waals surface area contributed by atoms with Crippen LogP contribution in [0.1, 0.15) is 25.3 Å². The molecule has 0 saturated heterocycles. The number of hydrogen-bond donors (Lipinski definition) is 1. The fourth-order valence-corrected chi connectivity index (χ4v) is 1.27. The van der Waals surface area contributed by atoms with Crippen molar-refractivity contribution in [2.75, 3.05) is 19.5 Å². The molecule has 1 atom stereocenters. The summed E-state index contributed by atoms with van der Waals surface area (Å²) in [5.74, 6) is 0.119. The molecule has 0 amide bonds. The fraction of sp³-hybridized carbons (Fsp3) is 0.455. The minimum Gasteiger partial charge on any atom is -0.493 e. The number of pyridine rings is 1. The molecular weight excluding hydrogens is 208 g/mol. The van der Waals surface area contributed by atoms with Gasteiger partial charge in [0.2, 0.25) is 0 Å². The molecule has 1 aromatic heterocycles. The molecular formula is C11H16N2O3. The summed E-state index contributed by atoms with van der Waals surface area (Å²) in [6, 6.07) is 1.70. The Balaban J connectivity index is 2.91. The Hall–Kier alpha value is -1.78. The lowest BCUT2D eigenvalue weighted by molar-refractivity contribution is -0.144. The van der Waals surface area contributed by atoms with Gasteiger partial charge in [-0.1, -0.05) is 0 Å². The van der Waals surface area contributed by atoms with Crippen LogP contribution in [0.4, 0.5) is 5.82 Å². The van der Waals surface area contributed by atoms with Crippen molar-refractivity contribution in [3.8, 4) is 5.75 Å². The molecule has 0 aliphatic carbocycles. The number of nitrogens with two attached hydrogens (primary N) is 1. The van der Waals surface area contributed by atoms with Crippen molar-refractivity contribution < 1.29 is 14.3 Å². The first kappa shape index (κ1) is 12.3. The normalized spacial score (nSPS) is 11.9. The lowest BCUT2D eigenvalue weighted by Gasteiger charge is -2.12. The van der Waals surface area contributed by atoms with Gasteiger partial charge in [-0.05, 0) is 25.5 Å². The van der Waals surface area contributed by atoms with Gasteiger partial charge >= 0.3 is 5.97 Å². The summed E-state index contributed by atoms with van der Waals surface area (Å²) in [5.41, 5.74) is 6.31. The van der Waals surface area contributed by atoms with E-state index in [1.807, 2.05) is 0 Å². The van der Waals surface area contributed by atoms with Crippen LogP contribution in [0.25, 0.3) is 0 Å². The molecule has 2 N–H and O–H groups in total. The molecule has 1 rings (SSSR count). The van der Waals surface area contributed by atoms with E-state index < -0.39 is 0 Å². The number of rotatable bonds is 4. The minimum atomic E-state index is -0.373. The van der Waals surface area contributed by atoms with E-state index in [0.29, 0.717) is 18.2 Å². The largest absolute Gasteiger partial charge is 0.493 e. The average molecular weight is 224 g/mol. The Morgan fingerprint density at radius 1 is 1.62 bits per heavy atom. The smallest absolute Gasteiger partial charge is 0.313 e. The second kappa shape index (κ2) is 5.34. The summed E-state index contributed by atoms with van der Waals surface area (Å²) in [6.45, 7) is 3.89. The highest BCUT2D eigenvalue weighted by Crippen LogP contribution is 2.24. The zero-order valence-corrected chi connectivity index (χ0v) is 9.69. The minimum absolute atomic E-state index is 0.281. The summed E-state index contributed by atoms with van der Waals surface area (Å²) in [6.07, 6.45) is 1.56. The maximum absolute atomic E-state index is 11.5. The molecule has 0 bridgehead atoms. The molecule has 0 fully saturated rings.